The molecule has 2 atom stereocenters. The minimum atomic E-state index is -0.891. The van der Waals surface area contributed by atoms with Gasteiger partial charge in [-0.15, -0.1) is 0 Å². The topological polar surface area (TPSA) is 96.5 Å². The lowest BCUT2D eigenvalue weighted by Gasteiger charge is -2.29. The Morgan fingerprint density at radius 2 is 2.18 bits per heavy atom. The zero-order valence-electron chi connectivity index (χ0n) is 12.3. The third-order valence-corrected chi connectivity index (χ3v) is 3.85. The van der Waals surface area contributed by atoms with E-state index in [1.54, 1.807) is 26.6 Å². The van der Waals surface area contributed by atoms with Crippen LogP contribution in [0.5, 0.6) is 11.5 Å². The second-order valence-corrected chi connectivity index (χ2v) is 5.07. The molecule has 7 nitrogen and oxygen atoms in total. The molecular formula is C15H17N3O4. The molecule has 1 aliphatic heterocycles. The number of hydrogen-bond acceptors (Lipinski definition) is 5. The van der Waals surface area contributed by atoms with Gasteiger partial charge in [-0.3, -0.25) is 10.1 Å². The van der Waals surface area contributed by atoms with Crippen molar-refractivity contribution in [2.24, 2.45) is 0 Å². The van der Waals surface area contributed by atoms with Crippen molar-refractivity contribution < 1.29 is 19.4 Å². The van der Waals surface area contributed by atoms with Crippen LogP contribution in [-0.2, 0) is 11.2 Å². The summed E-state index contributed by atoms with van der Waals surface area (Å²) in [6.45, 7) is 0. The molecule has 2 aromatic rings. The third-order valence-electron chi connectivity index (χ3n) is 3.85. The maximum absolute atomic E-state index is 11.4. The number of nitrogens with zero attached hydrogens (tertiary/aromatic N) is 1. The van der Waals surface area contributed by atoms with Crippen molar-refractivity contribution in [2.45, 2.75) is 18.5 Å². The normalized spacial score (nSPS) is 20.3. The lowest BCUT2D eigenvalue weighted by molar-refractivity contribution is -0.139. The number of carboxylic acids is 1. The van der Waals surface area contributed by atoms with Gasteiger partial charge in [0.05, 0.1) is 32.3 Å². The Kier molecular flexibility index (Phi) is 3.72. The van der Waals surface area contributed by atoms with Crippen LogP contribution in [-0.4, -0.2) is 41.3 Å². The van der Waals surface area contributed by atoms with Gasteiger partial charge in [0.1, 0.15) is 17.5 Å². The molecule has 0 bridgehead atoms. The molecule has 0 saturated heterocycles. The highest BCUT2D eigenvalue weighted by Crippen LogP contribution is 2.35. The van der Waals surface area contributed by atoms with Crippen molar-refractivity contribution in [3.05, 3.63) is 41.5 Å². The number of methoxy groups -OCH3 is 2. The number of aromatic nitrogens is 2. The van der Waals surface area contributed by atoms with Crippen molar-refractivity contribution in [3.8, 4) is 11.5 Å². The van der Waals surface area contributed by atoms with Crippen molar-refractivity contribution in [1.82, 2.24) is 15.3 Å². The zero-order chi connectivity index (χ0) is 15.7. The van der Waals surface area contributed by atoms with E-state index in [1.807, 2.05) is 12.1 Å². The van der Waals surface area contributed by atoms with Crippen LogP contribution in [0.25, 0.3) is 0 Å². The number of hydrogen-bond donors (Lipinski definition) is 3. The molecule has 0 aliphatic carbocycles. The molecule has 2 heterocycles. The standard InChI is InChI=1S/C15H17N3O4/c1-21-8-3-4-9(12(5-8)22-2)13-14-10(16-7-17-14)6-11(18-13)15(19)20/h3-5,7,11,13,18H,6H2,1-2H3,(H,16,17)(H,19,20)/t11-,13-/m0/s1. The molecule has 0 spiro atoms. The number of fused-ring (bicyclic) bond motifs is 1. The first-order chi connectivity index (χ1) is 10.6. The van der Waals surface area contributed by atoms with Crippen LogP contribution in [0, 0.1) is 0 Å². The van der Waals surface area contributed by atoms with Gasteiger partial charge in [-0.05, 0) is 12.1 Å². The Balaban J connectivity index is 2.05. The van der Waals surface area contributed by atoms with E-state index < -0.39 is 12.0 Å². The highest BCUT2D eigenvalue weighted by molar-refractivity contribution is 5.74. The molecular weight excluding hydrogens is 286 g/mol. The van der Waals surface area contributed by atoms with E-state index >= 15 is 0 Å². The van der Waals surface area contributed by atoms with Crippen LogP contribution in [0.1, 0.15) is 23.0 Å². The van der Waals surface area contributed by atoms with Crippen molar-refractivity contribution in [2.75, 3.05) is 14.2 Å². The van der Waals surface area contributed by atoms with E-state index in [2.05, 4.69) is 15.3 Å². The number of imidazole rings is 1. The lowest BCUT2D eigenvalue weighted by atomic mass is 9.93. The van der Waals surface area contributed by atoms with Gasteiger partial charge in [0, 0.05) is 23.7 Å². The summed E-state index contributed by atoms with van der Waals surface area (Å²) in [5.74, 6) is 0.406. The number of nitrogens with one attached hydrogen (secondary N) is 2. The number of aliphatic carboxylic acids is 1. The predicted octanol–water partition coefficient (Wildman–Crippen LogP) is 1.12. The van der Waals surface area contributed by atoms with Gasteiger partial charge in [0.2, 0.25) is 0 Å². The maximum atomic E-state index is 11.4. The molecule has 22 heavy (non-hydrogen) atoms. The summed E-state index contributed by atoms with van der Waals surface area (Å²) in [6, 6.07) is 4.42. The minimum absolute atomic E-state index is 0.350. The third kappa shape index (κ3) is 2.39. The Morgan fingerprint density at radius 1 is 1.36 bits per heavy atom. The molecule has 0 unspecified atom stereocenters. The van der Waals surface area contributed by atoms with Crippen LogP contribution in [0.2, 0.25) is 0 Å². The average molecular weight is 303 g/mol. The summed E-state index contributed by atoms with van der Waals surface area (Å²) < 4.78 is 10.6. The Labute approximate surface area is 127 Å². The Morgan fingerprint density at radius 3 is 2.86 bits per heavy atom. The smallest absolute Gasteiger partial charge is 0.321 e. The van der Waals surface area contributed by atoms with E-state index in [0.29, 0.717) is 17.9 Å². The highest BCUT2D eigenvalue weighted by atomic mass is 16.5. The van der Waals surface area contributed by atoms with E-state index in [9.17, 15) is 9.90 Å². The second kappa shape index (κ2) is 5.69. The van der Waals surface area contributed by atoms with E-state index in [4.69, 9.17) is 9.47 Å². The van der Waals surface area contributed by atoms with E-state index in [-0.39, 0.29) is 6.04 Å². The molecule has 1 aromatic carbocycles. The summed E-state index contributed by atoms with van der Waals surface area (Å²) >= 11 is 0. The SMILES string of the molecule is COc1ccc([C@@H]2N[C@H](C(=O)O)Cc3[nH]cnc32)c(OC)c1. The molecule has 0 radical (unpaired) electrons. The number of benzene rings is 1. The van der Waals surface area contributed by atoms with Gasteiger partial charge in [-0.25, -0.2) is 4.98 Å². The van der Waals surface area contributed by atoms with Gasteiger partial charge < -0.3 is 19.6 Å². The molecule has 3 rings (SSSR count). The highest BCUT2D eigenvalue weighted by Gasteiger charge is 2.34. The van der Waals surface area contributed by atoms with Gasteiger partial charge in [-0.2, -0.15) is 0 Å². The van der Waals surface area contributed by atoms with E-state index in [0.717, 1.165) is 17.0 Å². The largest absolute Gasteiger partial charge is 0.497 e. The fourth-order valence-electron chi connectivity index (χ4n) is 2.74. The molecule has 1 aromatic heterocycles. The van der Waals surface area contributed by atoms with Crippen LogP contribution >= 0.6 is 0 Å². The molecule has 0 saturated carbocycles. The van der Waals surface area contributed by atoms with Crippen molar-refractivity contribution in [3.63, 3.8) is 0 Å². The molecule has 3 N–H and O–H groups in total. The van der Waals surface area contributed by atoms with Crippen LogP contribution < -0.4 is 14.8 Å². The molecule has 1 aliphatic rings. The van der Waals surface area contributed by atoms with Gasteiger partial charge >= 0.3 is 5.97 Å². The predicted molar refractivity (Wildman–Crippen MR) is 78.2 cm³/mol. The fraction of sp³-hybridized carbons (Fsp3) is 0.333. The van der Waals surface area contributed by atoms with Gasteiger partial charge in [0.25, 0.3) is 0 Å². The first-order valence-corrected chi connectivity index (χ1v) is 6.87. The summed E-state index contributed by atoms with van der Waals surface area (Å²) in [6.07, 6.45) is 1.96. The minimum Gasteiger partial charge on any atom is -0.497 e. The Hall–Kier alpha value is -2.54. The summed E-state index contributed by atoms with van der Waals surface area (Å²) in [4.78, 5) is 18.7. The summed E-state index contributed by atoms with van der Waals surface area (Å²) in [7, 11) is 3.15. The quantitative estimate of drug-likeness (QED) is 0.783. The number of aromatic amines is 1. The van der Waals surface area contributed by atoms with Crippen molar-refractivity contribution in [1.29, 1.82) is 0 Å². The average Bonchev–Trinajstić information content (AvgIpc) is 3.01. The van der Waals surface area contributed by atoms with Crippen LogP contribution in [0.4, 0.5) is 0 Å². The van der Waals surface area contributed by atoms with Gasteiger partial charge in [0.15, 0.2) is 0 Å². The first-order valence-electron chi connectivity index (χ1n) is 6.87. The zero-order valence-corrected chi connectivity index (χ0v) is 12.3. The molecule has 0 amide bonds. The van der Waals surface area contributed by atoms with Crippen LogP contribution in [0.3, 0.4) is 0 Å². The number of carbonyl (C=O) groups is 1. The second-order valence-electron chi connectivity index (χ2n) is 5.07. The summed E-state index contributed by atoms with van der Waals surface area (Å²) in [5.41, 5.74) is 2.44. The Bertz CT molecular complexity index is 698. The van der Waals surface area contributed by atoms with E-state index in [1.165, 1.54) is 0 Å². The lowest BCUT2D eigenvalue weighted by Crippen LogP contribution is -2.45. The number of rotatable bonds is 4. The number of carboxylic acid groups (broad SMARTS) is 1. The molecule has 116 valence electrons. The maximum Gasteiger partial charge on any atom is 0.321 e. The molecule has 0 fully saturated rings. The van der Waals surface area contributed by atoms with Crippen LogP contribution in [0.15, 0.2) is 24.5 Å². The number of ether oxygens (including phenoxy) is 2. The monoisotopic (exact) mass is 303 g/mol. The van der Waals surface area contributed by atoms with Crippen molar-refractivity contribution >= 4 is 5.97 Å². The molecule has 7 heteroatoms. The summed E-state index contributed by atoms with van der Waals surface area (Å²) in [5, 5.41) is 12.4. The fourth-order valence-corrected chi connectivity index (χ4v) is 2.74. The number of H-pyrrole nitrogens is 1. The first kappa shape index (κ1) is 14.4. The van der Waals surface area contributed by atoms with Gasteiger partial charge in [-0.1, -0.05) is 0 Å².